The maximum absolute atomic E-state index is 13.3. The number of aliphatic hydroxyl groups excluding tert-OH is 1. The van der Waals surface area contributed by atoms with E-state index >= 15 is 0 Å². The number of morpholine rings is 1. The zero-order valence-corrected chi connectivity index (χ0v) is 22.1. The molecule has 39 heavy (non-hydrogen) atoms. The summed E-state index contributed by atoms with van der Waals surface area (Å²) in [5.41, 5.74) is 3.09. The Balaban J connectivity index is 1.40. The number of benzene rings is 2. The summed E-state index contributed by atoms with van der Waals surface area (Å²) < 4.78 is 11.4. The minimum atomic E-state index is -0.710. The highest BCUT2D eigenvalue weighted by atomic mass is 16.5. The van der Waals surface area contributed by atoms with Crippen LogP contribution in [0, 0.1) is 6.92 Å². The molecule has 202 valence electrons. The molecule has 1 N–H and O–H groups in total. The van der Waals surface area contributed by atoms with Crippen molar-refractivity contribution in [2.24, 2.45) is 0 Å². The fourth-order valence-corrected chi connectivity index (χ4v) is 5.13. The number of carbonyl (C=O) groups is 2. The number of rotatable bonds is 9. The van der Waals surface area contributed by atoms with Crippen LogP contribution in [0.25, 0.3) is 5.76 Å². The molecule has 0 aliphatic carbocycles. The molecule has 8 nitrogen and oxygen atoms in total. The summed E-state index contributed by atoms with van der Waals surface area (Å²) in [6, 6.07) is 18.0. The number of hydrogen-bond acceptors (Lipinski definition) is 7. The first kappa shape index (κ1) is 26.6. The molecule has 3 heterocycles. The third kappa shape index (κ3) is 6.02. The van der Waals surface area contributed by atoms with Gasteiger partial charge in [0.1, 0.15) is 18.1 Å². The summed E-state index contributed by atoms with van der Waals surface area (Å²) in [4.78, 5) is 34.6. The molecule has 0 spiro atoms. The minimum Gasteiger partial charge on any atom is -0.507 e. The number of nitrogens with zero attached hydrogens (tertiary/aromatic N) is 3. The SMILES string of the molecule is Cc1cc(C(O)=C2C(=O)C(=O)N(CCCN3CCOCC3)[C@H]2c2cccnc2)ccc1OCc1ccccc1. The Hall–Kier alpha value is -4.01. The van der Waals surface area contributed by atoms with E-state index in [-0.39, 0.29) is 11.3 Å². The number of Topliss-reactive ketones (excluding diaryl/α,β-unsaturated/α-hetero) is 1. The molecule has 2 aliphatic heterocycles. The number of ketones is 1. The number of aromatic nitrogens is 1. The number of ether oxygens (including phenoxy) is 2. The predicted molar refractivity (Wildman–Crippen MR) is 147 cm³/mol. The van der Waals surface area contributed by atoms with Crippen LogP contribution in [0.5, 0.6) is 5.75 Å². The first-order chi connectivity index (χ1) is 19.0. The van der Waals surface area contributed by atoms with Crippen LogP contribution in [0.15, 0.2) is 78.6 Å². The number of amides is 1. The van der Waals surface area contributed by atoms with Crippen molar-refractivity contribution in [3.05, 3.63) is 101 Å². The van der Waals surface area contributed by atoms with Crippen LogP contribution in [0.2, 0.25) is 0 Å². The molecule has 5 rings (SSSR count). The third-order valence-electron chi connectivity index (χ3n) is 7.20. The second-order valence-electron chi connectivity index (χ2n) is 9.84. The van der Waals surface area contributed by atoms with Crippen molar-refractivity contribution in [3.63, 3.8) is 0 Å². The second-order valence-corrected chi connectivity index (χ2v) is 9.84. The van der Waals surface area contributed by atoms with Crippen molar-refractivity contribution >= 4 is 17.4 Å². The van der Waals surface area contributed by atoms with Gasteiger partial charge in [0.15, 0.2) is 0 Å². The van der Waals surface area contributed by atoms with Gasteiger partial charge in [-0.05, 0) is 54.3 Å². The van der Waals surface area contributed by atoms with E-state index in [0.717, 1.165) is 30.8 Å². The van der Waals surface area contributed by atoms with E-state index in [2.05, 4.69) is 9.88 Å². The standard InChI is InChI=1S/C31H33N3O5/c1-22-19-24(10-11-26(22)39-21-23-7-3-2-4-8-23)29(35)27-28(25-9-5-12-32-20-25)34(31(37)30(27)36)14-6-13-33-15-17-38-18-16-33/h2-5,7-12,19-20,28,35H,6,13-18,21H2,1H3/t28-/m0/s1. The number of aliphatic hydroxyl groups is 1. The fraction of sp³-hybridized carbons (Fsp3) is 0.323. The van der Waals surface area contributed by atoms with Crippen molar-refractivity contribution < 1.29 is 24.2 Å². The molecule has 2 saturated heterocycles. The van der Waals surface area contributed by atoms with Crippen LogP contribution >= 0.6 is 0 Å². The van der Waals surface area contributed by atoms with Crippen LogP contribution in [-0.2, 0) is 20.9 Å². The van der Waals surface area contributed by atoms with Crippen molar-refractivity contribution in [3.8, 4) is 5.75 Å². The Labute approximate surface area is 228 Å². The maximum Gasteiger partial charge on any atom is 0.295 e. The van der Waals surface area contributed by atoms with Gasteiger partial charge in [-0.2, -0.15) is 0 Å². The quantitative estimate of drug-likeness (QED) is 0.254. The van der Waals surface area contributed by atoms with Gasteiger partial charge in [0.2, 0.25) is 0 Å². The van der Waals surface area contributed by atoms with E-state index in [0.29, 0.717) is 49.7 Å². The van der Waals surface area contributed by atoms with Gasteiger partial charge in [0.05, 0.1) is 24.8 Å². The molecule has 2 aliphatic rings. The average molecular weight is 528 g/mol. The van der Waals surface area contributed by atoms with E-state index in [1.165, 1.54) is 0 Å². The third-order valence-corrected chi connectivity index (χ3v) is 7.20. The van der Waals surface area contributed by atoms with Gasteiger partial charge in [-0.15, -0.1) is 0 Å². The normalized spacial score (nSPS) is 19.4. The van der Waals surface area contributed by atoms with E-state index < -0.39 is 17.7 Å². The van der Waals surface area contributed by atoms with Gasteiger partial charge >= 0.3 is 0 Å². The van der Waals surface area contributed by atoms with Gasteiger partial charge in [0, 0.05) is 44.1 Å². The Morgan fingerprint density at radius 2 is 1.85 bits per heavy atom. The molecule has 1 atom stereocenters. The van der Waals surface area contributed by atoms with Crippen LogP contribution in [0.4, 0.5) is 0 Å². The molecular formula is C31H33N3O5. The van der Waals surface area contributed by atoms with Crippen LogP contribution in [0.1, 0.15) is 34.7 Å². The largest absolute Gasteiger partial charge is 0.507 e. The summed E-state index contributed by atoms with van der Waals surface area (Å²) in [6.07, 6.45) is 3.99. The van der Waals surface area contributed by atoms with Gasteiger partial charge in [-0.3, -0.25) is 19.5 Å². The summed E-state index contributed by atoms with van der Waals surface area (Å²) in [6.45, 7) is 6.62. The zero-order chi connectivity index (χ0) is 27.2. The van der Waals surface area contributed by atoms with Crippen LogP contribution < -0.4 is 4.74 Å². The summed E-state index contributed by atoms with van der Waals surface area (Å²) in [7, 11) is 0. The lowest BCUT2D eigenvalue weighted by molar-refractivity contribution is -0.140. The van der Waals surface area contributed by atoms with Crippen molar-refractivity contribution in [1.82, 2.24) is 14.8 Å². The topological polar surface area (TPSA) is 92.2 Å². The summed E-state index contributed by atoms with van der Waals surface area (Å²) in [5, 5.41) is 11.4. The van der Waals surface area contributed by atoms with Gasteiger partial charge in [0.25, 0.3) is 11.7 Å². The molecule has 8 heteroatoms. The summed E-state index contributed by atoms with van der Waals surface area (Å²) in [5.74, 6) is -0.805. The van der Waals surface area contributed by atoms with Gasteiger partial charge < -0.3 is 19.5 Å². The highest BCUT2D eigenvalue weighted by molar-refractivity contribution is 6.46. The molecule has 0 bridgehead atoms. The number of likely N-dealkylation sites (tertiary alicyclic amines) is 1. The van der Waals surface area contributed by atoms with Crippen LogP contribution in [-0.4, -0.2) is 71.0 Å². The molecular weight excluding hydrogens is 494 g/mol. The lowest BCUT2D eigenvalue weighted by Crippen LogP contribution is -2.39. The first-order valence-electron chi connectivity index (χ1n) is 13.3. The lowest BCUT2D eigenvalue weighted by Gasteiger charge is -2.29. The molecule has 0 unspecified atom stereocenters. The smallest absolute Gasteiger partial charge is 0.295 e. The zero-order valence-electron chi connectivity index (χ0n) is 22.1. The van der Waals surface area contributed by atoms with E-state index in [9.17, 15) is 14.7 Å². The fourth-order valence-electron chi connectivity index (χ4n) is 5.13. The highest BCUT2D eigenvalue weighted by Gasteiger charge is 2.46. The Bertz CT molecular complexity index is 1340. The number of aryl methyl sites for hydroxylation is 1. The number of hydrogen-bond donors (Lipinski definition) is 1. The maximum atomic E-state index is 13.3. The molecule has 0 saturated carbocycles. The molecule has 2 fully saturated rings. The lowest BCUT2D eigenvalue weighted by atomic mass is 9.95. The van der Waals surface area contributed by atoms with Crippen molar-refractivity contribution in [1.29, 1.82) is 0 Å². The summed E-state index contributed by atoms with van der Waals surface area (Å²) >= 11 is 0. The van der Waals surface area contributed by atoms with Crippen molar-refractivity contribution in [2.45, 2.75) is 26.0 Å². The molecule has 1 amide bonds. The highest BCUT2D eigenvalue weighted by Crippen LogP contribution is 2.39. The number of carbonyl (C=O) groups excluding carboxylic acids is 2. The Morgan fingerprint density at radius 3 is 2.56 bits per heavy atom. The Morgan fingerprint density at radius 1 is 1.05 bits per heavy atom. The minimum absolute atomic E-state index is 0.0803. The van der Waals surface area contributed by atoms with E-state index in [1.54, 1.807) is 41.6 Å². The Kier molecular flexibility index (Phi) is 8.34. The number of pyridine rings is 1. The van der Waals surface area contributed by atoms with Crippen molar-refractivity contribution in [2.75, 3.05) is 39.4 Å². The predicted octanol–water partition coefficient (Wildman–Crippen LogP) is 4.11. The van der Waals surface area contributed by atoms with Crippen LogP contribution in [0.3, 0.4) is 0 Å². The average Bonchev–Trinajstić information content (AvgIpc) is 3.23. The van der Waals surface area contributed by atoms with E-state index in [4.69, 9.17) is 9.47 Å². The monoisotopic (exact) mass is 527 g/mol. The molecule has 0 radical (unpaired) electrons. The second kappa shape index (κ2) is 12.2. The molecule has 3 aromatic rings. The molecule has 1 aromatic heterocycles. The van der Waals surface area contributed by atoms with E-state index in [1.807, 2.05) is 43.3 Å². The first-order valence-corrected chi connectivity index (χ1v) is 13.3. The van der Waals surface area contributed by atoms with Gasteiger partial charge in [-0.25, -0.2) is 0 Å². The molecule has 2 aromatic carbocycles. The van der Waals surface area contributed by atoms with Gasteiger partial charge in [-0.1, -0.05) is 36.4 Å².